The lowest BCUT2D eigenvalue weighted by Gasteiger charge is -2.28. The van der Waals surface area contributed by atoms with E-state index in [4.69, 9.17) is 9.47 Å². The van der Waals surface area contributed by atoms with Gasteiger partial charge in [-0.05, 0) is 36.8 Å². The van der Waals surface area contributed by atoms with Crippen LogP contribution in [0, 0.1) is 6.92 Å². The first kappa shape index (κ1) is 21.2. The summed E-state index contributed by atoms with van der Waals surface area (Å²) in [5, 5.41) is 2.75. The number of nitrogens with zero attached hydrogens (tertiary/aromatic N) is 1. The van der Waals surface area contributed by atoms with E-state index in [2.05, 4.69) is 10.2 Å². The maximum absolute atomic E-state index is 12.0. The Hall–Kier alpha value is -2.51. The standard InChI is InChI=1S/C22H26N2O4S/c1-17-2-4-18(5-3-17)15-29-16-22(26)28-14-21(25)23-19-6-8-20(9-7-19)24-10-12-27-13-11-24/h2-9H,10-16H2,1H3,(H,23,25). The molecular weight excluding hydrogens is 388 g/mol. The molecule has 1 N–H and O–H groups in total. The molecule has 1 heterocycles. The van der Waals surface area contributed by atoms with E-state index in [1.54, 1.807) is 0 Å². The third-order valence-corrected chi connectivity index (χ3v) is 5.48. The normalized spacial score (nSPS) is 13.8. The number of rotatable bonds is 8. The van der Waals surface area contributed by atoms with Gasteiger partial charge in [-0.1, -0.05) is 29.8 Å². The zero-order valence-corrected chi connectivity index (χ0v) is 17.4. The van der Waals surface area contributed by atoms with Crippen molar-refractivity contribution in [2.75, 3.05) is 48.9 Å². The summed E-state index contributed by atoms with van der Waals surface area (Å²) in [4.78, 5) is 26.1. The van der Waals surface area contributed by atoms with Crippen LogP contribution >= 0.6 is 11.8 Å². The number of ether oxygens (including phenoxy) is 2. The number of thioether (sulfide) groups is 1. The van der Waals surface area contributed by atoms with Gasteiger partial charge in [-0.15, -0.1) is 11.8 Å². The summed E-state index contributed by atoms with van der Waals surface area (Å²) in [7, 11) is 0. The van der Waals surface area contributed by atoms with E-state index in [0.717, 1.165) is 43.3 Å². The molecule has 0 atom stereocenters. The van der Waals surface area contributed by atoms with Crippen LogP contribution in [0.2, 0.25) is 0 Å². The highest BCUT2D eigenvalue weighted by Gasteiger charge is 2.12. The SMILES string of the molecule is Cc1ccc(CSCC(=O)OCC(=O)Nc2ccc(N3CCOCC3)cc2)cc1. The molecule has 154 valence electrons. The minimum Gasteiger partial charge on any atom is -0.455 e. The van der Waals surface area contributed by atoms with Gasteiger partial charge >= 0.3 is 5.97 Å². The second kappa shape index (κ2) is 10.9. The Balaban J connectivity index is 1.34. The average Bonchev–Trinajstić information content (AvgIpc) is 2.75. The van der Waals surface area contributed by atoms with Gasteiger partial charge in [0, 0.05) is 30.2 Å². The van der Waals surface area contributed by atoms with E-state index < -0.39 is 0 Å². The monoisotopic (exact) mass is 414 g/mol. The van der Waals surface area contributed by atoms with Crippen LogP contribution < -0.4 is 10.2 Å². The average molecular weight is 415 g/mol. The summed E-state index contributed by atoms with van der Waals surface area (Å²) in [5.41, 5.74) is 4.15. The highest BCUT2D eigenvalue weighted by atomic mass is 32.2. The number of esters is 1. The van der Waals surface area contributed by atoms with Crippen LogP contribution in [0.3, 0.4) is 0 Å². The summed E-state index contributed by atoms with van der Waals surface area (Å²) in [6.45, 7) is 4.94. The number of anilines is 2. The molecule has 0 radical (unpaired) electrons. The van der Waals surface area contributed by atoms with Crippen molar-refractivity contribution in [3.63, 3.8) is 0 Å². The molecule has 0 aliphatic carbocycles. The largest absolute Gasteiger partial charge is 0.455 e. The molecule has 1 aliphatic heterocycles. The van der Waals surface area contributed by atoms with Crippen molar-refractivity contribution in [3.8, 4) is 0 Å². The molecule has 6 nitrogen and oxygen atoms in total. The van der Waals surface area contributed by atoms with Gasteiger partial charge in [0.25, 0.3) is 5.91 Å². The third kappa shape index (κ3) is 7.11. The lowest BCUT2D eigenvalue weighted by molar-refractivity contribution is -0.144. The van der Waals surface area contributed by atoms with Crippen molar-refractivity contribution < 1.29 is 19.1 Å². The van der Waals surface area contributed by atoms with Crippen molar-refractivity contribution in [3.05, 3.63) is 59.7 Å². The van der Waals surface area contributed by atoms with E-state index in [-0.39, 0.29) is 24.2 Å². The van der Waals surface area contributed by atoms with E-state index in [9.17, 15) is 9.59 Å². The fourth-order valence-electron chi connectivity index (χ4n) is 2.90. The molecule has 0 unspecified atom stereocenters. The minimum absolute atomic E-state index is 0.218. The molecule has 1 saturated heterocycles. The summed E-state index contributed by atoms with van der Waals surface area (Å²) >= 11 is 1.47. The van der Waals surface area contributed by atoms with Gasteiger partial charge in [0.1, 0.15) is 0 Å². The maximum Gasteiger partial charge on any atom is 0.316 e. The molecule has 0 bridgehead atoms. The zero-order chi connectivity index (χ0) is 20.5. The van der Waals surface area contributed by atoms with Gasteiger partial charge < -0.3 is 19.7 Å². The molecule has 29 heavy (non-hydrogen) atoms. The summed E-state index contributed by atoms with van der Waals surface area (Å²) in [6, 6.07) is 15.8. The van der Waals surface area contributed by atoms with Crippen molar-refractivity contribution in [2.24, 2.45) is 0 Å². The summed E-state index contributed by atoms with van der Waals surface area (Å²) in [6.07, 6.45) is 0. The van der Waals surface area contributed by atoms with Crippen molar-refractivity contribution in [1.29, 1.82) is 0 Å². The van der Waals surface area contributed by atoms with Crippen LogP contribution in [0.25, 0.3) is 0 Å². The van der Waals surface area contributed by atoms with E-state index >= 15 is 0 Å². The van der Waals surface area contributed by atoms with Gasteiger partial charge in [0.05, 0.1) is 19.0 Å². The predicted molar refractivity (Wildman–Crippen MR) is 116 cm³/mol. The van der Waals surface area contributed by atoms with Gasteiger partial charge in [-0.3, -0.25) is 9.59 Å². The second-order valence-corrected chi connectivity index (χ2v) is 7.82. The minimum atomic E-state index is -0.389. The van der Waals surface area contributed by atoms with Crippen molar-refractivity contribution in [2.45, 2.75) is 12.7 Å². The number of nitrogens with one attached hydrogen (secondary N) is 1. The van der Waals surface area contributed by atoms with Crippen LogP contribution in [-0.4, -0.2) is 50.5 Å². The molecule has 0 aromatic heterocycles. The molecular formula is C22H26N2O4S. The fourth-order valence-corrected chi connectivity index (χ4v) is 3.68. The lowest BCUT2D eigenvalue weighted by Crippen LogP contribution is -2.36. The number of hydrogen-bond acceptors (Lipinski definition) is 6. The highest BCUT2D eigenvalue weighted by molar-refractivity contribution is 7.99. The molecule has 0 saturated carbocycles. The van der Waals surface area contributed by atoms with Gasteiger partial charge in [0.2, 0.25) is 0 Å². The first-order chi connectivity index (χ1) is 14.1. The quantitative estimate of drug-likeness (QED) is 0.669. The molecule has 1 fully saturated rings. The highest BCUT2D eigenvalue weighted by Crippen LogP contribution is 2.19. The molecule has 3 rings (SSSR count). The Bertz CT molecular complexity index is 803. The van der Waals surface area contributed by atoms with Gasteiger partial charge in [0.15, 0.2) is 6.61 Å². The van der Waals surface area contributed by atoms with E-state index in [1.807, 2.05) is 55.5 Å². The molecule has 7 heteroatoms. The van der Waals surface area contributed by atoms with Crippen LogP contribution in [0.1, 0.15) is 11.1 Å². The Labute approximate surface area is 175 Å². The first-order valence-corrected chi connectivity index (χ1v) is 10.8. The van der Waals surface area contributed by atoms with Crippen LogP contribution in [0.4, 0.5) is 11.4 Å². The molecule has 2 aromatic carbocycles. The van der Waals surface area contributed by atoms with E-state index in [0.29, 0.717) is 5.69 Å². The van der Waals surface area contributed by atoms with Crippen LogP contribution in [0.15, 0.2) is 48.5 Å². The summed E-state index contributed by atoms with van der Waals surface area (Å²) < 4.78 is 10.4. The maximum atomic E-state index is 12.0. The van der Waals surface area contributed by atoms with Gasteiger partial charge in [-0.25, -0.2) is 0 Å². The number of carbonyl (C=O) groups excluding carboxylic acids is 2. The number of benzene rings is 2. The fraction of sp³-hybridized carbons (Fsp3) is 0.364. The third-order valence-electron chi connectivity index (χ3n) is 4.50. The van der Waals surface area contributed by atoms with Crippen LogP contribution in [0.5, 0.6) is 0 Å². The number of morpholine rings is 1. The smallest absolute Gasteiger partial charge is 0.316 e. The zero-order valence-electron chi connectivity index (χ0n) is 16.6. The first-order valence-electron chi connectivity index (χ1n) is 9.62. The Morgan fingerprint density at radius 2 is 1.76 bits per heavy atom. The van der Waals surface area contributed by atoms with Gasteiger partial charge in [-0.2, -0.15) is 0 Å². The Morgan fingerprint density at radius 1 is 1.07 bits per heavy atom. The van der Waals surface area contributed by atoms with Crippen molar-refractivity contribution >= 4 is 35.0 Å². The molecule has 2 aromatic rings. The number of carbonyl (C=O) groups is 2. The number of hydrogen-bond donors (Lipinski definition) is 1. The molecule has 1 amide bonds. The molecule has 0 spiro atoms. The Morgan fingerprint density at radius 3 is 2.45 bits per heavy atom. The van der Waals surface area contributed by atoms with Crippen LogP contribution in [-0.2, 0) is 24.8 Å². The Kier molecular flexibility index (Phi) is 7.95. The topological polar surface area (TPSA) is 67.9 Å². The number of aryl methyl sites for hydroxylation is 1. The second-order valence-electron chi connectivity index (χ2n) is 6.83. The predicted octanol–water partition coefficient (Wildman–Crippen LogP) is 3.25. The van der Waals surface area contributed by atoms with E-state index in [1.165, 1.54) is 17.3 Å². The lowest BCUT2D eigenvalue weighted by atomic mass is 10.2. The number of amides is 1. The van der Waals surface area contributed by atoms with Crippen molar-refractivity contribution in [1.82, 2.24) is 0 Å². The summed E-state index contributed by atoms with van der Waals surface area (Å²) in [5.74, 6) is 0.216. The molecule has 1 aliphatic rings.